The molecule has 3 aliphatic rings. The zero-order chi connectivity index (χ0) is 38.2. The quantitative estimate of drug-likeness (QED) is 0.0974. The Morgan fingerprint density at radius 1 is 1.13 bits per heavy atom. The molecule has 2 aliphatic carbocycles. The number of allylic oxidation sites excluding steroid dienone is 1. The molecule has 0 radical (unpaired) electrons. The first kappa shape index (κ1) is 40.3. The molecule has 1 aliphatic heterocycles. The number of oxime groups is 1. The van der Waals surface area contributed by atoms with E-state index in [-0.39, 0.29) is 49.6 Å². The van der Waals surface area contributed by atoms with Crippen molar-refractivity contribution in [3.8, 4) is 11.5 Å². The van der Waals surface area contributed by atoms with Gasteiger partial charge in [-0.25, -0.2) is 4.79 Å². The maximum atomic E-state index is 13.8. The van der Waals surface area contributed by atoms with E-state index in [1.54, 1.807) is 18.0 Å². The highest BCUT2D eigenvalue weighted by atomic mass is 16.7. The van der Waals surface area contributed by atoms with Crippen molar-refractivity contribution in [3.05, 3.63) is 77.7 Å². The third-order valence-electron chi connectivity index (χ3n) is 10.6. The molecule has 5 rings (SSSR count). The number of aromatic nitrogens is 1. The van der Waals surface area contributed by atoms with Crippen molar-refractivity contribution in [1.29, 1.82) is 0 Å². The van der Waals surface area contributed by atoms with Crippen molar-refractivity contribution >= 4 is 11.8 Å². The Kier molecular flexibility index (Phi) is 13.6. The molecular formula is C42H59N3O8. The molecule has 0 bridgehead atoms. The maximum absolute atomic E-state index is 13.8. The maximum Gasteiger partial charge on any atom is 0.410 e. The van der Waals surface area contributed by atoms with Crippen LogP contribution in [0.1, 0.15) is 88.6 Å². The molecule has 0 spiro atoms. The Balaban J connectivity index is 1.69. The fourth-order valence-electron chi connectivity index (χ4n) is 8.27. The van der Waals surface area contributed by atoms with Gasteiger partial charge in [-0.1, -0.05) is 57.0 Å². The number of hydrogen-bond acceptors (Lipinski definition) is 10. The van der Waals surface area contributed by atoms with E-state index >= 15 is 0 Å². The van der Waals surface area contributed by atoms with E-state index in [0.717, 1.165) is 53.9 Å². The number of nitrogens with zero attached hydrogens (tertiary/aromatic N) is 3. The van der Waals surface area contributed by atoms with Crippen LogP contribution in [0.3, 0.4) is 0 Å². The monoisotopic (exact) mass is 733 g/mol. The normalized spacial score (nSPS) is 25.4. The van der Waals surface area contributed by atoms with Crippen LogP contribution in [0.4, 0.5) is 4.79 Å². The number of ether oxygens (including phenoxy) is 4. The van der Waals surface area contributed by atoms with Crippen molar-refractivity contribution in [2.45, 2.75) is 97.0 Å². The smallest absolute Gasteiger partial charge is 0.410 e. The molecule has 6 unspecified atom stereocenters. The zero-order valence-corrected chi connectivity index (χ0v) is 32.4. The van der Waals surface area contributed by atoms with Gasteiger partial charge in [0.25, 0.3) is 0 Å². The summed E-state index contributed by atoms with van der Waals surface area (Å²) in [6.07, 6.45) is 8.63. The minimum Gasteiger partial charge on any atom is -0.487 e. The molecule has 1 aromatic carbocycles. The summed E-state index contributed by atoms with van der Waals surface area (Å²) in [7, 11) is 3.27. The van der Waals surface area contributed by atoms with Crippen LogP contribution < -0.4 is 9.47 Å². The van der Waals surface area contributed by atoms with Crippen LogP contribution in [0, 0.1) is 30.1 Å². The number of carbonyl (C=O) groups excluding carboxylic acids is 1. The second-order valence-corrected chi connectivity index (χ2v) is 15.7. The number of carbonyl (C=O) groups is 1. The molecular weight excluding hydrogens is 674 g/mol. The van der Waals surface area contributed by atoms with Crippen LogP contribution in [0.5, 0.6) is 11.5 Å². The molecule has 1 saturated carbocycles. The van der Waals surface area contributed by atoms with E-state index in [1.807, 2.05) is 58.0 Å². The van der Waals surface area contributed by atoms with E-state index in [1.165, 1.54) is 7.11 Å². The fraction of sp³-hybridized carbons (Fsp3) is 0.595. The number of hydrogen-bond donors (Lipinski definition) is 2. The Morgan fingerprint density at radius 2 is 1.89 bits per heavy atom. The average molecular weight is 734 g/mol. The van der Waals surface area contributed by atoms with Crippen LogP contribution in [0.2, 0.25) is 0 Å². The van der Waals surface area contributed by atoms with Gasteiger partial charge in [-0.2, -0.15) is 0 Å². The number of benzene rings is 1. The zero-order valence-electron chi connectivity index (χ0n) is 32.4. The number of rotatable bonds is 17. The molecule has 1 fully saturated rings. The van der Waals surface area contributed by atoms with Gasteiger partial charge in [-0.05, 0) is 85.8 Å². The molecule has 290 valence electrons. The lowest BCUT2D eigenvalue weighted by molar-refractivity contribution is -0.253. The Hall–Kier alpha value is -3.93. The van der Waals surface area contributed by atoms with Gasteiger partial charge in [0.1, 0.15) is 31.3 Å². The van der Waals surface area contributed by atoms with Gasteiger partial charge < -0.3 is 38.9 Å². The highest BCUT2D eigenvalue weighted by molar-refractivity contribution is 6.02. The Labute approximate surface area is 315 Å². The lowest BCUT2D eigenvalue weighted by atomic mass is 9.55. The van der Waals surface area contributed by atoms with Crippen molar-refractivity contribution < 1.29 is 38.8 Å². The third kappa shape index (κ3) is 9.24. The number of aryl methyl sites for hydroxylation is 1. The lowest BCUT2D eigenvalue weighted by Gasteiger charge is -2.59. The van der Waals surface area contributed by atoms with Crippen LogP contribution >= 0.6 is 0 Å². The van der Waals surface area contributed by atoms with Crippen molar-refractivity contribution in [2.75, 3.05) is 40.6 Å². The van der Waals surface area contributed by atoms with Gasteiger partial charge in [-0.3, -0.25) is 4.98 Å². The van der Waals surface area contributed by atoms with E-state index in [4.69, 9.17) is 23.8 Å². The van der Waals surface area contributed by atoms with Crippen LogP contribution in [0.15, 0.2) is 65.9 Å². The van der Waals surface area contributed by atoms with Gasteiger partial charge in [0.15, 0.2) is 0 Å². The molecule has 11 nitrogen and oxygen atoms in total. The predicted octanol–water partition coefficient (Wildman–Crippen LogP) is 7.35. The van der Waals surface area contributed by atoms with Crippen molar-refractivity contribution in [1.82, 2.24) is 9.88 Å². The summed E-state index contributed by atoms with van der Waals surface area (Å²) in [6.45, 7) is 13.0. The second kappa shape index (κ2) is 17.9. The molecule has 11 heteroatoms. The summed E-state index contributed by atoms with van der Waals surface area (Å²) >= 11 is 0. The topological polar surface area (TPSA) is 132 Å². The molecule has 0 saturated heterocycles. The number of likely N-dealkylation sites (N-methyl/N-ethyl adjacent to an activating group) is 1. The number of amides is 1. The summed E-state index contributed by atoms with van der Waals surface area (Å²) in [5.41, 5.74) is 4.22. The first-order valence-electron chi connectivity index (χ1n) is 19.0. The predicted molar refractivity (Wildman–Crippen MR) is 204 cm³/mol. The third-order valence-corrected chi connectivity index (χ3v) is 10.6. The number of unbranched alkanes of at least 4 members (excludes halogenated alkanes) is 2. The molecule has 2 N–H and O–H groups in total. The summed E-state index contributed by atoms with van der Waals surface area (Å²) in [6, 6.07) is 11.2. The SMILES string of the molecule is C=CCOC12Oc3ccc(OCc4cccc(C)n4)cc3C3C(CCCCO)C(CCCCO)C=C(C(=NOC)CC1N(C)C(=O)OCC(C)(C)C)C32. The minimum absolute atomic E-state index is 0.109. The number of pyridine rings is 1. The highest BCUT2D eigenvalue weighted by Crippen LogP contribution is 2.61. The Morgan fingerprint density at radius 3 is 2.57 bits per heavy atom. The van der Waals surface area contributed by atoms with E-state index in [0.29, 0.717) is 37.4 Å². The van der Waals surface area contributed by atoms with Gasteiger partial charge in [-0.15, -0.1) is 6.58 Å². The molecule has 2 aromatic rings. The standard InChI is InChI=1S/C42H59N3O8/c1-8-22-52-42-37(45(6)40(48)51-27-41(3,4)5)25-35(44-49-7)33-23-29(15-9-11-20-46)32(17-10-12-21-47)38(39(33)42)34-24-31(18-19-36(34)53-42)50-26-30-16-13-14-28(2)43-30/h8,13-14,16,18-19,23-24,29,32,37-39,46-47H,1,9-12,15,17,20-22,25-27H2,2-7H3. The van der Waals surface area contributed by atoms with Gasteiger partial charge >= 0.3 is 6.09 Å². The van der Waals surface area contributed by atoms with Crippen LogP contribution in [-0.4, -0.2) is 84.3 Å². The lowest BCUT2D eigenvalue weighted by Crippen LogP contribution is -2.69. The average Bonchev–Trinajstić information content (AvgIpc) is 3.13. The van der Waals surface area contributed by atoms with E-state index in [9.17, 15) is 15.0 Å². The highest BCUT2D eigenvalue weighted by Gasteiger charge is 2.65. The number of aliphatic hydroxyl groups is 2. The van der Waals surface area contributed by atoms with Gasteiger partial charge in [0.2, 0.25) is 5.79 Å². The fourth-order valence-corrected chi connectivity index (χ4v) is 8.27. The minimum atomic E-state index is -1.33. The number of fused-ring (bicyclic) bond motifs is 2. The van der Waals surface area contributed by atoms with Gasteiger partial charge in [0.05, 0.1) is 30.5 Å². The summed E-state index contributed by atoms with van der Waals surface area (Å²) in [5, 5.41) is 24.2. The van der Waals surface area contributed by atoms with E-state index in [2.05, 4.69) is 28.9 Å². The number of aliphatic hydroxyl groups excluding tert-OH is 2. The van der Waals surface area contributed by atoms with Gasteiger partial charge in [0, 0.05) is 43.9 Å². The summed E-state index contributed by atoms with van der Waals surface area (Å²) < 4.78 is 26.3. The molecule has 2 heterocycles. The molecule has 53 heavy (non-hydrogen) atoms. The largest absolute Gasteiger partial charge is 0.487 e. The summed E-state index contributed by atoms with van der Waals surface area (Å²) in [4.78, 5) is 25.6. The Bertz CT molecular complexity index is 1620. The van der Waals surface area contributed by atoms with Crippen LogP contribution in [-0.2, 0) is 20.9 Å². The first-order valence-corrected chi connectivity index (χ1v) is 19.0. The van der Waals surface area contributed by atoms with Crippen molar-refractivity contribution in [3.63, 3.8) is 0 Å². The first-order chi connectivity index (χ1) is 25.5. The van der Waals surface area contributed by atoms with Crippen molar-refractivity contribution in [2.24, 2.45) is 28.3 Å². The molecule has 1 aromatic heterocycles. The van der Waals surface area contributed by atoms with Crippen LogP contribution in [0.25, 0.3) is 0 Å². The second-order valence-electron chi connectivity index (χ2n) is 15.7. The van der Waals surface area contributed by atoms with E-state index < -0.39 is 23.8 Å². The molecule has 1 amide bonds. The molecule has 6 atom stereocenters. The summed E-state index contributed by atoms with van der Waals surface area (Å²) in [5.74, 6) is -0.288.